The summed E-state index contributed by atoms with van der Waals surface area (Å²) in [5.41, 5.74) is 3.75. The number of amides is 1. The lowest BCUT2D eigenvalue weighted by molar-refractivity contribution is -0.126. The molecule has 182 valence electrons. The molecule has 2 atom stereocenters. The number of hydrogen-bond acceptors (Lipinski definition) is 5. The number of carbonyl (C=O) groups is 1. The molecule has 0 aliphatic carbocycles. The minimum atomic E-state index is -0.310. The summed E-state index contributed by atoms with van der Waals surface area (Å²) < 4.78 is 25.2. The van der Waals surface area contributed by atoms with Crippen molar-refractivity contribution in [3.8, 4) is 11.5 Å². The van der Waals surface area contributed by atoms with E-state index in [-0.39, 0.29) is 30.2 Å². The number of benzene rings is 3. The summed E-state index contributed by atoms with van der Waals surface area (Å²) in [6.07, 6.45) is 0.614. The molecule has 3 aromatic carbocycles. The van der Waals surface area contributed by atoms with Crippen LogP contribution < -0.4 is 24.6 Å². The second kappa shape index (κ2) is 9.86. The van der Waals surface area contributed by atoms with Crippen molar-refractivity contribution in [2.75, 3.05) is 43.7 Å². The van der Waals surface area contributed by atoms with E-state index >= 15 is 0 Å². The van der Waals surface area contributed by atoms with Crippen LogP contribution in [0, 0.1) is 11.7 Å². The first kappa shape index (κ1) is 23.0. The fourth-order valence-corrected chi connectivity index (χ4v) is 5.27. The molecule has 3 aromatic rings. The lowest BCUT2D eigenvalue weighted by Gasteiger charge is -2.49. The van der Waals surface area contributed by atoms with Crippen LogP contribution in [0.1, 0.15) is 11.1 Å². The summed E-state index contributed by atoms with van der Waals surface area (Å²) in [5, 5.41) is 3.00. The van der Waals surface area contributed by atoms with Crippen LogP contribution >= 0.6 is 0 Å². The van der Waals surface area contributed by atoms with E-state index in [1.165, 1.54) is 6.07 Å². The van der Waals surface area contributed by atoms with Crippen molar-refractivity contribution in [1.29, 1.82) is 0 Å². The molecule has 1 N–H and O–H groups in total. The Morgan fingerprint density at radius 3 is 2.60 bits per heavy atom. The molecule has 0 aromatic heterocycles. The lowest BCUT2D eigenvalue weighted by atomic mass is 9.83. The Hall–Kier alpha value is -3.74. The molecule has 0 spiro atoms. The SMILES string of the molecule is COc1ccc2c(c1)N1CCN(c3ccccc3OC)CC1C(C(=O)NCc1ccccc1F)C2. The van der Waals surface area contributed by atoms with Crippen molar-refractivity contribution in [3.63, 3.8) is 0 Å². The molecular formula is C28H30FN3O3. The molecule has 35 heavy (non-hydrogen) atoms. The smallest absolute Gasteiger partial charge is 0.225 e. The number of nitrogens with zero attached hydrogens (tertiary/aromatic N) is 2. The summed E-state index contributed by atoms with van der Waals surface area (Å²) in [7, 11) is 3.35. The third kappa shape index (κ3) is 4.50. The lowest BCUT2D eigenvalue weighted by Crippen LogP contribution is -2.61. The molecule has 2 aliphatic rings. The van der Waals surface area contributed by atoms with Gasteiger partial charge in [-0.1, -0.05) is 36.4 Å². The second-order valence-electron chi connectivity index (χ2n) is 8.99. The van der Waals surface area contributed by atoms with Crippen LogP contribution in [0.25, 0.3) is 0 Å². The zero-order valence-corrected chi connectivity index (χ0v) is 20.0. The first-order chi connectivity index (χ1) is 17.1. The summed E-state index contributed by atoms with van der Waals surface area (Å²) in [4.78, 5) is 18.1. The zero-order valence-electron chi connectivity index (χ0n) is 20.0. The van der Waals surface area contributed by atoms with Gasteiger partial charge >= 0.3 is 0 Å². The van der Waals surface area contributed by atoms with Crippen molar-refractivity contribution in [1.82, 2.24) is 5.32 Å². The van der Waals surface area contributed by atoms with Gasteiger partial charge in [0.25, 0.3) is 0 Å². The van der Waals surface area contributed by atoms with Crippen LogP contribution in [0.15, 0.2) is 66.7 Å². The molecule has 2 aliphatic heterocycles. The maximum atomic E-state index is 14.1. The van der Waals surface area contributed by atoms with Gasteiger partial charge in [0.2, 0.25) is 5.91 Å². The van der Waals surface area contributed by atoms with Crippen molar-refractivity contribution >= 4 is 17.3 Å². The Kier molecular flexibility index (Phi) is 6.49. The van der Waals surface area contributed by atoms with Gasteiger partial charge in [-0.25, -0.2) is 4.39 Å². The summed E-state index contributed by atoms with van der Waals surface area (Å²) in [5.74, 6) is 0.971. The van der Waals surface area contributed by atoms with Gasteiger partial charge in [-0.2, -0.15) is 0 Å². The van der Waals surface area contributed by atoms with Crippen molar-refractivity contribution in [2.45, 2.75) is 19.0 Å². The maximum absolute atomic E-state index is 14.1. The van der Waals surface area contributed by atoms with Crippen LogP contribution in [0.4, 0.5) is 15.8 Å². The molecule has 2 heterocycles. The average molecular weight is 476 g/mol. The van der Waals surface area contributed by atoms with Gasteiger partial charge < -0.3 is 24.6 Å². The number of rotatable bonds is 6. The number of hydrogen-bond donors (Lipinski definition) is 1. The maximum Gasteiger partial charge on any atom is 0.225 e. The Morgan fingerprint density at radius 2 is 1.80 bits per heavy atom. The van der Waals surface area contributed by atoms with Crippen molar-refractivity contribution in [3.05, 3.63) is 83.7 Å². The largest absolute Gasteiger partial charge is 0.497 e. The monoisotopic (exact) mass is 475 g/mol. The number of piperazine rings is 1. The Bertz CT molecular complexity index is 1220. The van der Waals surface area contributed by atoms with Gasteiger partial charge in [0.15, 0.2) is 0 Å². The average Bonchev–Trinajstić information content (AvgIpc) is 2.91. The van der Waals surface area contributed by atoms with Crippen molar-refractivity contribution < 1.29 is 18.7 Å². The molecular weight excluding hydrogens is 445 g/mol. The molecule has 1 saturated heterocycles. The van der Waals surface area contributed by atoms with Gasteiger partial charge in [-0.05, 0) is 36.2 Å². The zero-order chi connectivity index (χ0) is 24.4. The van der Waals surface area contributed by atoms with Crippen LogP contribution in [0.3, 0.4) is 0 Å². The predicted molar refractivity (Wildman–Crippen MR) is 135 cm³/mol. The topological polar surface area (TPSA) is 54.0 Å². The first-order valence-electron chi connectivity index (χ1n) is 11.9. The minimum Gasteiger partial charge on any atom is -0.497 e. The predicted octanol–water partition coefficient (Wildman–Crippen LogP) is 4.03. The Labute approximate surface area is 205 Å². The number of halogens is 1. The number of anilines is 2. The van der Waals surface area contributed by atoms with Crippen molar-refractivity contribution in [2.24, 2.45) is 5.92 Å². The molecule has 0 bridgehead atoms. The highest BCUT2D eigenvalue weighted by atomic mass is 19.1. The van der Waals surface area contributed by atoms with E-state index in [0.717, 1.165) is 41.5 Å². The van der Waals surface area contributed by atoms with E-state index in [1.54, 1.807) is 32.4 Å². The number of nitrogens with one attached hydrogen (secondary N) is 1. The molecule has 6 nitrogen and oxygen atoms in total. The molecule has 7 heteroatoms. The second-order valence-corrected chi connectivity index (χ2v) is 8.99. The molecule has 5 rings (SSSR count). The number of ether oxygens (including phenoxy) is 2. The number of para-hydroxylation sites is 2. The number of methoxy groups -OCH3 is 2. The van der Waals surface area contributed by atoms with Crippen LogP contribution in [-0.2, 0) is 17.8 Å². The fraction of sp³-hybridized carbons (Fsp3) is 0.321. The van der Waals surface area contributed by atoms with Gasteiger partial charge in [0.05, 0.1) is 31.9 Å². The highest BCUT2D eigenvalue weighted by Gasteiger charge is 2.42. The highest BCUT2D eigenvalue weighted by Crippen LogP contribution is 2.40. The Morgan fingerprint density at radius 1 is 1.00 bits per heavy atom. The quantitative estimate of drug-likeness (QED) is 0.584. The van der Waals surface area contributed by atoms with Gasteiger partial charge in [-0.15, -0.1) is 0 Å². The fourth-order valence-electron chi connectivity index (χ4n) is 5.27. The highest BCUT2D eigenvalue weighted by molar-refractivity contribution is 5.82. The van der Waals surface area contributed by atoms with E-state index in [0.29, 0.717) is 18.5 Å². The first-order valence-corrected chi connectivity index (χ1v) is 11.9. The normalized spacial score (nSPS) is 18.9. The molecule has 1 fully saturated rings. The van der Waals surface area contributed by atoms with Gasteiger partial charge in [0, 0.05) is 43.5 Å². The van der Waals surface area contributed by atoms with E-state index < -0.39 is 0 Å². The molecule has 1 amide bonds. The molecule has 2 unspecified atom stereocenters. The van der Waals surface area contributed by atoms with Gasteiger partial charge in [0.1, 0.15) is 17.3 Å². The third-order valence-electron chi connectivity index (χ3n) is 7.10. The minimum absolute atomic E-state index is 0.0473. The van der Waals surface area contributed by atoms with Gasteiger partial charge in [-0.3, -0.25) is 4.79 Å². The van der Waals surface area contributed by atoms with E-state index in [4.69, 9.17) is 9.47 Å². The third-order valence-corrected chi connectivity index (χ3v) is 7.10. The number of fused-ring (bicyclic) bond motifs is 3. The van der Waals surface area contributed by atoms with E-state index in [9.17, 15) is 9.18 Å². The standard InChI is InChI=1S/C28H30FN3O3/c1-34-21-12-11-19-15-22(28(33)30-17-20-7-3-4-8-23(20)29)26-18-31(13-14-32(26)25(19)16-21)24-9-5-6-10-27(24)35-2/h3-12,16,22,26H,13-15,17-18H2,1-2H3,(H,30,33). The Balaban J connectivity index is 1.44. The summed E-state index contributed by atoms with van der Waals surface area (Å²) >= 11 is 0. The molecule has 0 radical (unpaired) electrons. The van der Waals surface area contributed by atoms with E-state index in [1.807, 2.05) is 30.3 Å². The van der Waals surface area contributed by atoms with Crippen LogP contribution in [0.5, 0.6) is 11.5 Å². The summed E-state index contributed by atoms with van der Waals surface area (Å²) in [6, 6.07) is 20.5. The van der Waals surface area contributed by atoms with Crippen LogP contribution in [-0.4, -0.2) is 45.8 Å². The molecule has 0 saturated carbocycles. The van der Waals surface area contributed by atoms with Crippen LogP contribution in [0.2, 0.25) is 0 Å². The van der Waals surface area contributed by atoms with E-state index in [2.05, 4.69) is 27.2 Å². The summed E-state index contributed by atoms with van der Waals surface area (Å²) in [6.45, 7) is 2.41. The number of carbonyl (C=O) groups excluding carboxylic acids is 1.